The third-order valence-corrected chi connectivity index (χ3v) is 1.64. The second-order valence-electron chi connectivity index (χ2n) is 2.71. The zero-order valence-corrected chi connectivity index (χ0v) is 7.19. The standard InChI is InChI=1S/C8H20N2/c1-3-6-10-7-5-8(9)4-2/h8,10H,3-7,9H2,1-2H3. The zero-order chi connectivity index (χ0) is 7.82. The Kier molecular flexibility index (Phi) is 6.98. The van der Waals surface area contributed by atoms with Crippen molar-refractivity contribution in [3.8, 4) is 0 Å². The Morgan fingerprint density at radius 2 is 2.00 bits per heavy atom. The molecule has 0 saturated heterocycles. The van der Waals surface area contributed by atoms with Crippen LogP contribution in [0.2, 0.25) is 0 Å². The highest BCUT2D eigenvalue weighted by molar-refractivity contribution is 4.59. The largest absolute Gasteiger partial charge is 0.328 e. The fourth-order valence-electron chi connectivity index (χ4n) is 0.793. The Morgan fingerprint density at radius 3 is 2.50 bits per heavy atom. The summed E-state index contributed by atoms with van der Waals surface area (Å²) in [4.78, 5) is 0. The fraction of sp³-hybridized carbons (Fsp3) is 1.00. The van der Waals surface area contributed by atoms with Crippen molar-refractivity contribution in [2.24, 2.45) is 5.73 Å². The monoisotopic (exact) mass is 144 g/mol. The van der Waals surface area contributed by atoms with Crippen LogP contribution in [0.5, 0.6) is 0 Å². The maximum absolute atomic E-state index is 5.72. The van der Waals surface area contributed by atoms with Crippen LogP contribution in [-0.2, 0) is 0 Å². The van der Waals surface area contributed by atoms with Gasteiger partial charge in [-0.05, 0) is 32.4 Å². The van der Waals surface area contributed by atoms with Gasteiger partial charge in [0.25, 0.3) is 0 Å². The van der Waals surface area contributed by atoms with Crippen molar-refractivity contribution in [3.63, 3.8) is 0 Å². The lowest BCUT2D eigenvalue weighted by molar-refractivity contribution is 0.548. The summed E-state index contributed by atoms with van der Waals surface area (Å²) in [6.45, 7) is 6.50. The quantitative estimate of drug-likeness (QED) is 0.548. The minimum absolute atomic E-state index is 0.393. The number of nitrogens with one attached hydrogen (secondary N) is 1. The maximum atomic E-state index is 5.72. The first-order valence-corrected chi connectivity index (χ1v) is 4.27. The molecular weight excluding hydrogens is 124 g/mol. The molecule has 2 nitrogen and oxygen atoms in total. The Morgan fingerprint density at radius 1 is 1.30 bits per heavy atom. The van der Waals surface area contributed by atoms with E-state index in [2.05, 4.69) is 19.2 Å². The van der Waals surface area contributed by atoms with E-state index in [0.717, 1.165) is 25.9 Å². The molecule has 0 aliphatic carbocycles. The lowest BCUT2D eigenvalue weighted by Crippen LogP contribution is -2.26. The van der Waals surface area contributed by atoms with Gasteiger partial charge in [-0.2, -0.15) is 0 Å². The highest BCUT2D eigenvalue weighted by atomic mass is 14.8. The van der Waals surface area contributed by atoms with Gasteiger partial charge in [0, 0.05) is 6.04 Å². The number of hydrogen-bond donors (Lipinski definition) is 2. The molecule has 0 aromatic rings. The molecule has 2 heteroatoms. The Bertz CT molecular complexity index is 64.3. The van der Waals surface area contributed by atoms with Gasteiger partial charge in [-0.25, -0.2) is 0 Å². The summed E-state index contributed by atoms with van der Waals surface area (Å²) < 4.78 is 0. The van der Waals surface area contributed by atoms with Crippen molar-refractivity contribution in [1.82, 2.24) is 5.32 Å². The van der Waals surface area contributed by atoms with Crippen molar-refractivity contribution in [2.75, 3.05) is 13.1 Å². The van der Waals surface area contributed by atoms with Crippen LogP contribution in [0.3, 0.4) is 0 Å². The van der Waals surface area contributed by atoms with Crippen molar-refractivity contribution < 1.29 is 0 Å². The van der Waals surface area contributed by atoms with E-state index in [0.29, 0.717) is 6.04 Å². The molecule has 0 aromatic carbocycles. The smallest absolute Gasteiger partial charge is 0.00482 e. The number of rotatable bonds is 6. The minimum Gasteiger partial charge on any atom is -0.328 e. The average molecular weight is 144 g/mol. The van der Waals surface area contributed by atoms with Crippen LogP contribution in [0.1, 0.15) is 33.1 Å². The van der Waals surface area contributed by atoms with E-state index in [-0.39, 0.29) is 0 Å². The molecule has 0 amide bonds. The van der Waals surface area contributed by atoms with Gasteiger partial charge in [0.1, 0.15) is 0 Å². The summed E-state index contributed by atoms with van der Waals surface area (Å²) in [5, 5.41) is 3.32. The van der Waals surface area contributed by atoms with Crippen LogP contribution >= 0.6 is 0 Å². The van der Waals surface area contributed by atoms with Crippen LogP contribution in [0.15, 0.2) is 0 Å². The molecule has 0 bridgehead atoms. The van der Waals surface area contributed by atoms with Crippen molar-refractivity contribution >= 4 is 0 Å². The van der Waals surface area contributed by atoms with Gasteiger partial charge in [-0.15, -0.1) is 0 Å². The second-order valence-corrected chi connectivity index (χ2v) is 2.71. The topological polar surface area (TPSA) is 38.0 Å². The number of hydrogen-bond acceptors (Lipinski definition) is 2. The van der Waals surface area contributed by atoms with Gasteiger partial charge < -0.3 is 11.1 Å². The summed E-state index contributed by atoms with van der Waals surface area (Å²) in [5.74, 6) is 0. The lowest BCUT2D eigenvalue weighted by Gasteiger charge is -2.08. The minimum atomic E-state index is 0.393. The molecule has 62 valence electrons. The van der Waals surface area contributed by atoms with Crippen LogP contribution in [0, 0.1) is 0 Å². The van der Waals surface area contributed by atoms with Gasteiger partial charge >= 0.3 is 0 Å². The van der Waals surface area contributed by atoms with Crippen molar-refractivity contribution in [3.05, 3.63) is 0 Å². The Balaban J connectivity index is 2.89. The van der Waals surface area contributed by atoms with Crippen LogP contribution in [0.25, 0.3) is 0 Å². The molecule has 1 atom stereocenters. The first-order chi connectivity index (χ1) is 4.81. The van der Waals surface area contributed by atoms with E-state index >= 15 is 0 Å². The van der Waals surface area contributed by atoms with E-state index in [1.54, 1.807) is 0 Å². The van der Waals surface area contributed by atoms with E-state index in [1.165, 1.54) is 6.42 Å². The zero-order valence-electron chi connectivity index (χ0n) is 7.19. The molecule has 0 aliphatic heterocycles. The molecule has 0 heterocycles. The highest BCUT2D eigenvalue weighted by Crippen LogP contribution is 1.90. The van der Waals surface area contributed by atoms with Crippen LogP contribution in [-0.4, -0.2) is 19.1 Å². The van der Waals surface area contributed by atoms with E-state index in [4.69, 9.17) is 5.73 Å². The summed E-state index contributed by atoms with van der Waals surface area (Å²) >= 11 is 0. The molecule has 0 rings (SSSR count). The Labute approximate surface area is 64.2 Å². The van der Waals surface area contributed by atoms with Gasteiger partial charge in [-0.3, -0.25) is 0 Å². The predicted octanol–water partition coefficient (Wildman–Crippen LogP) is 1.11. The fourth-order valence-corrected chi connectivity index (χ4v) is 0.793. The van der Waals surface area contributed by atoms with E-state index < -0.39 is 0 Å². The third kappa shape index (κ3) is 6.05. The molecule has 0 aromatic heterocycles. The lowest BCUT2D eigenvalue weighted by atomic mass is 10.2. The molecule has 0 aliphatic rings. The van der Waals surface area contributed by atoms with Crippen LogP contribution < -0.4 is 11.1 Å². The first-order valence-electron chi connectivity index (χ1n) is 4.27. The summed E-state index contributed by atoms with van der Waals surface area (Å²) in [5.41, 5.74) is 5.72. The van der Waals surface area contributed by atoms with Crippen molar-refractivity contribution in [2.45, 2.75) is 39.2 Å². The summed E-state index contributed by atoms with van der Waals surface area (Å²) in [6, 6.07) is 0.393. The first kappa shape index (κ1) is 9.92. The van der Waals surface area contributed by atoms with Gasteiger partial charge in [-0.1, -0.05) is 13.8 Å². The Hall–Kier alpha value is -0.0800. The molecule has 10 heavy (non-hydrogen) atoms. The second kappa shape index (κ2) is 7.03. The van der Waals surface area contributed by atoms with Gasteiger partial charge in [0.15, 0.2) is 0 Å². The van der Waals surface area contributed by atoms with Crippen LogP contribution in [0.4, 0.5) is 0 Å². The third-order valence-electron chi connectivity index (χ3n) is 1.64. The van der Waals surface area contributed by atoms with Crippen molar-refractivity contribution in [1.29, 1.82) is 0 Å². The van der Waals surface area contributed by atoms with E-state index in [9.17, 15) is 0 Å². The predicted molar refractivity (Wildman–Crippen MR) is 46.0 cm³/mol. The van der Waals surface area contributed by atoms with E-state index in [1.807, 2.05) is 0 Å². The molecule has 0 radical (unpaired) electrons. The van der Waals surface area contributed by atoms with Gasteiger partial charge in [0.2, 0.25) is 0 Å². The highest BCUT2D eigenvalue weighted by Gasteiger charge is 1.95. The van der Waals surface area contributed by atoms with Gasteiger partial charge in [0.05, 0.1) is 0 Å². The molecule has 1 unspecified atom stereocenters. The average Bonchev–Trinajstić information content (AvgIpc) is 1.98. The molecule has 3 N–H and O–H groups in total. The number of nitrogens with two attached hydrogens (primary N) is 1. The molecule has 0 saturated carbocycles. The molecule has 0 fully saturated rings. The summed E-state index contributed by atoms with van der Waals surface area (Å²) in [6.07, 6.45) is 3.41. The maximum Gasteiger partial charge on any atom is 0.00482 e. The SMILES string of the molecule is CCCNCCC(N)CC. The summed E-state index contributed by atoms with van der Waals surface area (Å²) in [7, 11) is 0. The molecule has 0 spiro atoms. The normalized spacial score (nSPS) is 13.5. The molecular formula is C8H20N2.